The van der Waals surface area contributed by atoms with E-state index in [-0.39, 0.29) is 10.8 Å². The third-order valence-electron chi connectivity index (χ3n) is 13.0. The van der Waals surface area contributed by atoms with Crippen molar-refractivity contribution in [2.75, 3.05) is 0 Å². The van der Waals surface area contributed by atoms with Gasteiger partial charge >= 0.3 is 5.97 Å². The molecule has 8 atom stereocenters. The van der Waals surface area contributed by atoms with Crippen LogP contribution >= 0.6 is 0 Å². The summed E-state index contributed by atoms with van der Waals surface area (Å²) in [5, 5.41) is 10.7. The number of allylic oxidation sites excluding steroid dienone is 2. The van der Waals surface area contributed by atoms with E-state index in [0.29, 0.717) is 34.5 Å². The summed E-state index contributed by atoms with van der Waals surface area (Å²) in [6.45, 7) is 17.3. The van der Waals surface area contributed by atoms with Crippen LogP contribution in [0.4, 0.5) is 0 Å². The molecule has 2 nitrogen and oxygen atoms in total. The first-order chi connectivity index (χ1) is 14.8. The van der Waals surface area contributed by atoms with E-state index in [0.717, 1.165) is 31.6 Å². The third-order valence-corrected chi connectivity index (χ3v) is 13.0. The van der Waals surface area contributed by atoms with E-state index >= 15 is 0 Å². The summed E-state index contributed by atoms with van der Waals surface area (Å²) in [6, 6.07) is 0. The maximum absolute atomic E-state index is 13.0. The molecule has 32 heavy (non-hydrogen) atoms. The van der Waals surface area contributed by atoms with Gasteiger partial charge in [0, 0.05) is 0 Å². The van der Waals surface area contributed by atoms with Gasteiger partial charge in [-0.15, -0.1) is 0 Å². The number of rotatable bonds is 2. The van der Waals surface area contributed by atoms with Crippen LogP contribution in [0, 0.1) is 56.7 Å². The van der Waals surface area contributed by atoms with Crippen molar-refractivity contribution in [3.05, 3.63) is 11.6 Å². The normalized spacial score (nSPS) is 51.8. The van der Waals surface area contributed by atoms with Gasteiger partial charge in [-0.3, -0.25) is 4.79 Å². The van der Waals surface area contributed by atoms with Gasteiger partial charge in [-0.05, 0) is 109 Å². The molecule has 4 fully saturated rings. The monoisotopic (exact) mass is 440 g/mol. The Labute approximate surface area is 197 Å². The fraction of sp³-hybridized carbons (Fsp3) is 0.900. The molecule has 0 aromatic heterocycles. The molecule has 0 aromatic carbocycles. The molecule has 0 radical (unpaired) electrons. The zero-order valence-electron chi connectivity index (χ0n) is 21.9. The molecule has 0 bridgehead atoms. The number of carboxylic acids is 1. The zero-order chi connectivity index (χ0) is 23.3. The lowest BCUT2D eigenvalue weighted by Crippen LogP contribution is -2.65. The summed E-state index contributed by atoms with van der Waals surface area (Å²) in [7, 11) is 0. The van der Waals surface area contributed by atoms with Crippen molar-refractivity contribution in [1.29, 1.82) is 0 Å². The molecule has 5 aliphatic rings. The Morgan fingerprint density at radius 3 is 2.22 bits per heavy atom. The summed E-state index contributed by atoms with van der Waals surface area (Å²) < 4.78 is 0. The molecule has 0 aromatic rings. The number of hydrogen-bond acceptors (Lipinski definition) is 1. The Hall–Kier alpha value is -0.790. The summed E-state index contributed by atoms with van der Waals surface area (Å²) in [6.07, 6.45) is 14.7. The van der Waals surface area contributed by atoms with E-state index in [2.05, 4.69) is 54.5 Å². The SMILES string of the molecule is CC(C)[C@H]1CC[C@@H]2[C@]1(C(=O)O)CC[C@]1(C)[C@H]3CC=C4[C@@H](CCCC4(C)C)[C@]3(C)CC[C@@]21C. The second-order valence-electron chi connectivity index (χ2n) is 14.4. The van der Waals surface area contributed by atoms with Gasteiger partial charge in [0.25, 0.3) is 0 Å². The first-order valence-corrected chi connectivity index (χ1v) is 13.8. The standard InChI is InChI=1S/C30H48O2/c1-19(2)20-10-13-24-29(7)16-15-27(5)22-9-8-14-26(3,4)21(22)11-12-23(27)28(29,6)17-18-30(20,24)25(31)32/h11,19-20,22-24H,8-10,12-18H2,1-7H3,(H,31,32)/t20-,22-,23+,24+,27+,28-,29+,30+/m1/s1. The fourth-order valence-corrected chi connectivity index (χ4v) is 11.1. The number of carbonyl (C=O) groups is 1. The highest BCUT2D eigenvalue weighted by atomic mass is 16.4. The van der Waals surface area contributed by atoms with Crippen LogP contribution in [0.25, 0.3) is 0 Å². The lowest BCUT2D eigenvalue weighted by molar-refractivity contribution is -0.221. The minimum absolute atomic E-state index is 0.146. The van der Waals surface area contributed by atoms with Gasteiger partial charge < -0.3 is 5.11 Å². The average Bonchev–Trinajstić information content (AvgIpc) is 3.12. The molecule has 0 saturated heterocycles. The summed E-state index contributed by atoms with van der Waals surface area (Å²) >= 11 is 0. The van der Waals surface area contributed by atoms with Crippen LogP contribution in [0.2, 0.25) is 0 Å². The van der Waals surface area contributed by atoms with E-state index in [1.807, 2.05) is 0 Å². The zero-order valence-corrected chi connectivity index (χ0v) is 21.9. The Bertz CT molecular complexity index is 838. The molecule has 0 spiro atoms. The molecular formula is C30H48O2. The van der Waals surface area contributed by atoms with Gasteiger partial charge in [-0.1, -0.05) is 66.5 Å². The average molecular weight is 441 g/mol. The van der Waals surface area contributed by atoms with Crippen molar-refractivity contribution in [1.82, 2.24) is 0 Å². The van der Waals surface area contributed by atoms with Crippen LogP contribution in [0.3, 0.4) is 0 Å². The second kappa shape index (κ2) is 6.88. The lowest BCUT2D eigenvalue weighted by Gasteiger charge is -2.71. The summed E-state index contributed by atoms with van der Waals surface area (Å²) in [4.78, 5) is 13.0. The molecule has 0 aliphatic heterocycles. The number of aliphatic carboxylic acids is 1. The Morgan fingerprint density at radius 1 is 0.906 bits per heavy atom. The van der Waals surface area contributed by atoms with E-state index < -0.39 is 11.4 Å². The molecule has 0 amide bonds. The molecule has 5 rings (SSSR count). The fourth-order valence-electron chi connectivity index (χ4n) is 11.1. The van der Waals surface area contributed by atoms with Crippen molar-refractivity contribution in [3.8, 4) is 0 Å². The topological polar surface area (TPSA) is 37.3 Å². The highest BCUT2D eigenvalue weighted by molar-refractivity contribution is 5.76. The van der Waals surface area contributed by atoms with Gasteiger partial charge in [0.05, 0.1) is 5.41 Å². The largest absolute Gasteiger partial charge is 0.481 e. The minimum atomic E-state index is -0.487. The minimum Gasteiger partial charge on any atom is -0.481 e. The predicted octanol–water partition coefficient (Wildman–Crippen LogP) is 8.12. The van der Waals surface area contributed by atoms with Crippen molar-refractivity contribution >= 4 is 5.97 Å². The predicted molar refractivity (Wildman–Crippen MR) is 131 cm³/mol. The van der Waals surface area contributed by atoms with E-state index in [1.54, 1.807) is 5.57 Å². The van der Waals surface area contributed by atoms with Gasteiger partial charge in [-0.2, -0.15) is 0 Å². The number of fused-ring (bicyclic) bond motifs is 7. The highest BCUT2D eigenvalue weighted by Gasteiger charge is 2.72. The van der Waals surface area contributed by atoms with Crippen LogP contribution in [0.15, 0.2) is 11.6 Å². The van der Waals surface area contributed by atoms with Crippen molar-refractivity contribution in [3.63, 3.8) is 0 Å². The maximum Gasteiger partial charge on any atom is 0.310 e. The Morgan fingerprint density at radius 2 is 1.56 bits per heavy atom. The van der Waals surface area contributed by atoms with Crippen molar-refractivity contribution in [2.45, 2.75) is 113 Å². The van der Waals surface area contributed by atoms with Crippen LogP contribution in [-0.4, -0.2) is 11.1 Å². The number of carboxylic acid groups (broad SMARTS) is 1. The quantitative estimate of drug-likeness (QED) is 0.440. The molecule has 0 heterocycles. The van der Waals surface area contributed by atoms with Crippen molar-refractivity contribution in [2.24, 2.45) is 56.7 Å². The van der Waals surface area contributed by atoms with E-state index in [9.17, 15) is 9.90 Å². The number of hydrogen-bond donors (Lipinski definition) is 1. The van der Waals surface area contributed by atoms with E-state index in [1.165, 1.54) is 38.5 Å². The maximum atomic E-state index is 13.0. The molecular weight excluding hydrogens is 392 g/mol. The first kappa shape index (κ1) is 23.0. The van der Waals surface area contributed by atoms with Crippen LogP contribution in [-0.2, 0) is 4.79 Å². The van der Waals surface area contributed by atoms with Gasteiger partial charge in [-0.25, -0.2) is 0 Å². The lowest BCUT2D eigenvalue weighted by atomic mass is 9.33. The smallest absolute Gasteiger partial charge is 0.310 e. The molecule has 180 valence electrons. The van der Waals surface area contributed by atoms with Crippen LogP contribution in [0.1, 0.15) is 113 Å². The van der Waals surface area contributed by atoms with E-state index in [4.69, 9.17) is 0 Å². The first-order valence-electron chi connectivity index (χ1n) is 13.8. The molecule has 2 heteroatoms. The second-order valence-corrected chi connectivity index (χ2v) is 14.4. The summed E-state index contributed by atoms with van der Waals surface area (Å²) in [5.74, 6) is 2.11. The highest BCUT2D eigenvalue weighted by Crippen LogP contribution is 2.77. The third kappa shape index (κ3) is 2.56. The van der Waals surface area contributed by atoms with Crippen molar-refractivity contribution < 1.29 is 9.90 Å². The molecule has 0 unspecified atom stereocenters. The Balaban J connectivity index is 1.58. The summed E-state index contributed by atoms with van der Waals surface area (Å²) in [5.41, 5.74) is 2.42. The van der Waals surface area contributed by atoms with Crippen LogP contribution < -0.4 is 0 Å². The Kier molecular flexibility index (Phi) is 4.94. The van der Waals surface area contributed by atoms with Gasteiger partial charge in [0.15, 0.2) is 0 Å². The van der Waals surface area contributed by atoms with Crippen LogP contribution in [0.5, 0.6) is 0 Å². The molecule has 5 aliphatic carbocycles. The molecule has 1 N–H and O–H groups in total. The van der Waals surface area contributed by atoms with Gasteiger partial charge in [0.1, 0.15) is 0 Å². The molecule has 4 saturated carbocycles. The van der Waals surface area contributed by atoms with Gasteiger partial charge in [0.2, 0.25) is 0 Å².